The first-order chi connectivity index (χ1) is 21.8. The highest BCUT2D eigenvalue weighted by Crippen LogP contribution is 2.40. The van der Waals surface area contributed by atoms with Crippen LogP contribution in [0.25, 0.3) is 80.4 Å². The molecule has 0 aliphatic heterocycles. The van der Waals surface area contributed by atoms with Gasteiger partial charge in [-0.3, -0.25) is 4.98 Å². The van der Waals surface area contributed by atoms with Crippen molar-refractivity contribution < 1.29 is 0 Å². The van der Waals surface area contributed by atoms with Gasteiger partial charge < -0.3 is 4.57 Å². The monoisotopic (exact) mass is 617 g/mol. The third-order valence-corrected chi connectivity index (χ3v) is 11.0. The Morgan fingerprint density at radius 1 is 0.545 bits per heavy atom. The van der Waals surface area contributed by atoms with Gasteiger partial charge in [0.25, 0.3) is 0 Å². The van der Waals surface area contributed by atoms with Crippen molar-refractivity contribution in [3.8, 4) is 48.4 Å². The van der Waals surface area contributed by atoms with Crippen LogP contribution >= 0.6 is 34.0 Å². The first-order valence-electron chi connectivity index (χ1n) is 14.4. The van der Waals surface area contributed by atoms with E-state index in [1.54, 1.807) is 34.0 Å². The van der Waals surface area contributed by atoms with Gasteiger partial charge >= 0.3 is 0 Å². The molecule has 5 heterocycles. The van der Waals surface area contributed by atoms with Crippen molar-refractivity contribution in [1.82, 2.24) is 14.5 Å². The van der Waals surface area contributed by atoms with Gasteiger partial charge in [-0.25, -0.2) is 4.98 Å². The molecule has 0 radical (unpaired) electrons. The van der Waals surface area contributed by atoms with Crippen LogP contribution in [0.2, 0.25) is 0 Å². The average Bonchev–Trinajstić information content (AvgIpc) is 3.90. The maximum atomic E-state index is 5.08. The maximum absolute atomic E-state index is 5.08. The summed E-state index contributed by atoms with van der Waals surface area (Å²) in [6.07, 6.45) is 1.86. The number of thiophene rings is 2. The van der Waals surface area contributed by atoms with Crippen molar-refractivity contribution in [3.63, 3.8) is 0 Å². The molecule has 0 amide bonds. The highest BCUT2D eigenvalue weighted by Gasteiger charge is 2.17. The van der Waals surface area contributed by atoms with Gasteiger partial charge in [0.05, 0.1) is 26.9 Å². The Labute approximate surface area is 266 Å². The Bertz CT molecular complexity index is 2430. The van der Waals surface area contributed by atoms with Gasteiger partial charge in [-0.1, -0.05) is 54.6 Å². The fourth-order valence-electron chi connectivity index (χ4n) is 6.03. The van der Waals surface area contributed by atoms with Crippen molar-refractivity contribution in [1.29, 1.82) is 0 Å². The molecular weight excluding hydrogens is 595 g/mol. The van der Waals surface area contributed by atoms with Crippen LogP contribution in [0.3, 0.4) is 0 Å². The number of aromatic nitrogens is 3. The van der Waals surface area contributed by atoms with E-state index in [9.17, 15) is 0 Å². The zero-order valence-corrected chi connectivity index (χ0v) is 25.8. The van der Waals surface area contributed by atoms with Crippen molar-refractivity contribution in [3.05, 3.63) is 138 Å². The van der Waals surface area contributed by atoms with E-state index in [2.05, 4.69) is 125 Å². The molecule has 6 heteroatoms. The number of para-hydroxylation sites is 1. The summed E-state index contributed by atoms with van der Waals surface area (Å²) in [7, 11) is 0. The van der Waals surface area contributed by atoms with E-state index < -0.39 is 0 Å². The van der Waals surface area contributed by atoms with Gasteiger partial charge in [0.1, 0.15) is 5.01 Å². The fourth-order valence-corrected chi connectivity index (χ4v) is 8.47. The van der Waals surface area contributed by atoms with Crippen LogP contribution in [0.1, 0.15) is 0 Å². The molecule has 0 bridgehead atoms. The molecular formula is C38H23N3S3. The second kappa shape index (κ2) is 10.4. The predicted molar refractivity (Wildman–Crippen MR) is 189 cm³/mol. The van der Waals surface area contributed by atoms with E-state index in [4.69, 9.17) is 9.97 Å². The zero-order valence-electron chi connectivity index (χ0n) is 23.3. The lowest BCUT2D eigenvalue weighted by atomic mass is 10.0. The molecule has 0 atom stereocenters. The molecule has 4 aromatic carbocycles. The standard InChI is InChI=1S/C38H23N3S3/c1-2-9-33-29(7-1)30-14-12-25(38-40-32-15-13-24(23-37(32)44-38)35-10-5-17-42-35)22-34(30)41(33)28-20-26(31-8-3-4-16-39-31)19-27(21-28)36-11-6-18-43-36/h1-23H. The molecule has 0 saturated heterocycles. The molecule has 5 aromatic heterocycles. The molecule has 0 aliphatic rings. The smallest absolute Gasteiger partial charge is 0.124 e. The molecule has 0 N–H and O–H groups in total. The van der Waals surface area contributed by atoms with E-state index >= 15 is 0 Å². The number of pyridine rings is 1. The molecule has 9 rings (SSSR count). The molecule has 208 valence electrons. The fraction of sp³-hybridized carbons (Fsp3) is 0. The molecule has 0 spiro atoms. The van der Waals surface area contributed by atoms with E-state index in [0.29, 0.717) is 0 Å². The molecule has 0 fully saturated rings. The summed E-state index contributed by atoms with van der Waals surface area (Å²) in [6, 6.07) is 43.6. The summed E-state index contributed by atoms with van der Waals surface area (Å²) < 4.78 is 3.61. The van der Waals surface area contributed by atoms with Gasteiger partial charge in [0.2, 0.25) is 0 Å². The topological polar surface area (TPSA) is 30.7 Å². The number of nitrogens with zero attached hydrogens (tertiary/aromatic N) is 3. The summed E-state index contributed by atoms with van der Waals surface area (Å²) in [4.78, 5) is 12.3. The second-order valence-electron chi connectivity index (χ2n) is 10.7. The van der Waals surface area contributed by atoms with Gasteiger partial charge in [-0.15, -0.1) is 34.0 Å². The van der Waals surface area contributed by atoms with Crippen LogP contribution in [0.5, 0.6) is 0 Å². The van der Waals surface area contributed by atoms with E-state index in [1.807, 2.05) is 18.3 Å². The summed E-state index contributed by atoms with van der Waals surface area (Å²) in [6.45, 7) is 0. The van der Waals surface area contributed by atoms with Crippen LogP contribution in [0.15, 0.2) is 138 Å². The van der Waals surface area contributed by atoms with E-state index in [-0.39, 0.29) is 0 Å². The number of fused-ring (bicyclic) bond motifs is 4. The third-order valence-electron chi connectivity index (χ3n) is 8.06. The number of hydrogen-bond donors (Lipinski definition) is 0. The van der Waals surface area contributed by atoms with Crippen LogP contribution in [0.4, 0.5) is 0 Å². The Morgan fingerprint density at radius 2 is 1.32 bits per heavy atom. The molecule has 9 aromatic rings. The molecule has 0 unspecified atom stereocenters. The van der Waals surface area contributed by atoms with Crippen molar-refractivity contribution in [2.45, 2.75) is 0 Å². The average molecular weight is 618 g/mol. The molecule has 3 nitrogen and oxygen atoms in total. The van der Waals surface area contributed by atoms with Crippen LogP contribution < -0.4 is 0 Å². The largest absolute Gasteiger partial charge is 0.309 e. The highest BCUT2D eigenvalue weighted by molar-refractivity contribution is 7.21. The van der Waals surface area contributed by atoms with Crippen molar-refractivity contribution >= 4 is 66.0 Å². The van der Waals surface area contributed by atoms with Gasteiger partial charge in [-0.2, -0.15) is 0 Å². The summed E-state index contributed by atoms with van der Waals surface area (Å²) >= 11 is 5.28. The number of benzene rings is 4. The Hall–Kier alpha value is -4.88. The third kappa shape index (κ3) is 4.30. The van der Waals surface area contributed by atoms with Gasteiger partial charge in [0.15, 0.2) is 0 Å². The normalized spacial score (nSPS) is 11.6. The predicted octanol–water partition coefficient (Wildman–Crippen LogP) is 11.6. The van der Waals surface area contributed by atoms with Crippen molar-refractivity contribution in [2.24, 2.45) is 0 Å². The summed E-state index contributed by atoms with van der Waals surface area (Å²) in [5.74, 6) is 0. The Balaban J connectivity index is 1.26. The Kier molecular flexibility index (Phi) is 6.04. The van der Waals surface area contributed by atoms with Crippen molar-refractivity contribution in [2.75, 3.05) is 0 Å². The highest BCUT2D eigenvalue weighted by atomic mass is 32.1. The maximum Gasteiger partial charge on any atom is 0.124 e. The first-order valence-corrected chi connectivity index (χ1v) is 16.9. The first kappa shape index (κ1) is 25.6. The van der Waals surface area contributed by atoms with E-state index in [1.165, 1.54) is 41.9 Å². The van der Waals surface area contributed by atoms with Gasteiger partial charge in [-0.05, 0) is 88.6 Å². The number of hydrogen-bond acceptors (Lipinski definition) is 5. The number of thiazole rings is 1. The minimum Gasteiger partial charge on any atom is -0.309 e. The Morgan fingerprint density at radius 3 is 2.14 bits per heavy atom. The lowest BCUT2D eigenvalue weighted by molar-refractivity contribution is 1.18. The van der Waals surface area contributed by atoms with Crippen LogP contribution in [-0.2, 0) is 0 Å². The second-order valence-corrected chi connectivity index (χ2v) is 13.7. The summed E-state index contributed by atoms with van der Waals surface area (Å²) in [5, 5.41) is 7.76. The van der Waals surface area contributed by atoms with E-state index in [0.717, 1.165) is 38.5 Å². The lowest BCUT2D eigenvalue weighted by Gasteiger charge is -2.13. The molecule has 44 heavy (non-hydrogen) atoms. The minimum atomic E-state index is 0.963. The molecule has 0 aliphatic carbocycles. The molecule has 0 saturated carbocycles. The number of rotatable bonds is 5. The lowest BCUT2D eigenvalue weighted by Crippen LogP contribution is -1.96. The van der Waals surface area contributed by atoms with Crippen LogP contribution in [-0.4, -0.2) is 14.5 Å². The van der Waals surface area contributed by atoms with Crippen LogP contribution in [0, 0.1) is 0 Å². The van der Waals surface area contributed by atoms with Gasteiger partial charge in [0, 0.05) is 43.5 Å². The minimum absolute atomic E-state index is 0.963. The zero-order chi connectivity index (χ0) is 29.0. The quantitative estimate of drug-likeness (QED) is 0.192. The SMILES string of the molecule is c1ccc(-c2cc(-c3cccs3)cc(-n3c4ccccc4c4ccc(-c5nc6ccc(-c7cccs7)cc6s5)cc43)c2)nc1. The summed E-state index contributed by atoms with van der Waals surface area (Å²) in [5.41, 5.74) is 10.1.